The lowest BCUT2D eigenvalue weighted by Crippen LogP contribution is -2.10. The second-order valence-corrected chi connectivity index (χ2v) is 20.2. The van der Waals surface area contributed by atoms with Crippen LogP contribution in [-0.4, -0.2) is 46.9 Å². The van der Waals surface area contributed by atoms with E-state index in [1.807, 2.05) is 74.5 Å². The maximum absolute atomic E-state index is 14.6. The minimum Gasteiger partial charge on any atom is -0.480 e. The third-order valence-corrected chi connectivity index (χ3v) is 17.3. The van der Waals surface area contributed by atoms with Crippen LogP contribution in [0.4, 0.5) is 0 Å². The Morgan fingerprint density at radius 3 is 1.33 bits per heavy atom. The van der Waals surface area contributed by atoms with E-state index in [0.717, 1.165) is 53.7 Å². The number of aryl methyl sites for hydroxylation is 2. The summed E-state index contributed by atoms with van der Waals surface area (Å²) in [5.74, 6) is -3.44. The first-order valence-corrected chi connectivity index (χ1v) is 24.5. The molecule has 0 aromatic heterocycles. The van der Waals surface area contributed by atoms with E-state index in [2.05, 4.69) is 0 Å². The number of hydrogen-bond donors (Lipinski definition) is 2. The molecule has 0 saturated carbocycles. The van der Waals surface area contributed by atoms with Gasteiger partial charge in [0.15, 0.2) is 13.2 Å². The molecule has 0 fully saturated rings. The summed E-state index contributed by atoms with van der Waals surface area (Å²) in [6.45, 7) is 2.65. The van der Waals surface area contributed by atoms with Crippen molar-refractivity contribution in [3.05, 3.63) is 158 Å². The third kappa shape index (κ3) is 10.6. The Morgan fingerprint density at radius 2 is 0.966 bits per heavy atom. The average molecular weight is 969 g/mol. The first kappa shape index (κ1) is 44.5. The van der Waals surface area contributed by atoms with E-state index in [4.69, 9.17) is 66.1 Å². The standard InChI is InChI=1S/C40H26Cl4O8S6/c1-19-5-3-7-21(13-19)27-15-29(55-53-27)39(37(49)23-9-11-25(35(43)33(23)41)51-17-31(45)46)57-58-40(30-16-28(54-56-30)22-8-4-6-20(2)14-22)38(50)24-10-12-26(36(44)34(24)42)52-18-32(47)48/h3-16H,17-18H2,1-2H3,(H,45,46)(H,47,48)/b39-29-,40-30-. The largest absolute Gasteiger partial charge is 0.480 e. The number of benzene rings is 4. The van der Waals surface area contributed by atoms with Crippen molar-refractivity contribution in [3.8, 4) is 11.5 Å². The zero-order chi connectivity index (χ0) is 41.7. The first-order valence-electron chi connectivity index (χ1n) is 16.6. The summed E-state index contributed by atoms with van der Waals surface area (Å²) >= 11 is 26.4. The van der Waals surface area contributed by atoms with Crippen molar-refractivity contribution < 1.29 is 38.9 Å². The second-order valence-electron chi connectivity index (χ2n) is 12.1. The Kier molecular flexibility index (Phi) is 15.4. The smallest absolute Gasteiger partial charge is 0.341 e. The average Bonchev–Trinajstić information content (AvgIpc) is 3.89. The van der Waals surface area contributed by atoms with E-state index >= 15 is 0 Å². The topological polar surface area (TPSA) is 127 Å². The van der Waals surface area contributed by atoms with Crippen LogP contribution in [0.1, 0.15) is 43.0 Å². The van der Waals surface area contributed by atoms with Crippen molar-refractivity contribution in [1.82, 2.24) is 0 Å². The zero-order valence-corrected chi connectivity index (χ0v) is 37.7. The molecule has 2 aliphatic rings. The van der Waals surface area contributed by atoms with Crippen LogP contribution < -0.4 is 9.47 Å². The number of ketones is 2. The minimum atomic E-state index is -1.22. The van der Waals surface area contributed by atoms with E-state index in [0.29, 0.717) is 9.81 Å². The molecular weight excluding hydrogens is 943 g/mol. The predicted octanol–water partition coefficient (Wildman–Crippen LogP) is 13.6. The van der Waals surface area contributed by atoms with Gasteiger partial charge in [-0.05, 0) is 83.0 Å². The number of ether oxygens (including phenoxy) is 2. The summed E-state index contributed by atoms with van der Waals surface area (Å²) in [6, 6.07) is 21.5. The highest BCUT2D eigenvalue weighted by atomic mass is 35.5. The Morgan fingerprint density at radius 1 is 0.569 bits per heavy atom. The van der Waals surface area contributed by atoms with Gasteiger partial charge in [-0.15, -0.1) is 0 Å². The molecule has 4 aromatic rings. The Balaban J connectivity index is 1.44. The van der Waals surface area contributed by atoms with Crippen LogP contribution in [0.3, 0.4) is 0 Å². The number of rotatable bonds is 15. The number of carboxylic acid groups (broad SMARTS) is 2. The van der Waals surface area contributed by atoms with E-state index in [9.17, 15) is 19.2 Å². The third-order valence-electron chi connectivity index (χ3n) is 7.93. The highest BCUT2D eigenvalue weighted by molar-refractivity contribution is 8.83. The number of carbonyl (C=O) groups is 4. The molecule has 2 heterocycles. The van der Waals surface area contributed by atoms with Gasteiger partial charge in [-0.3, -0.25) is 9.59 Å². The van der Waals surface area contributed by atoms with Gasteiger partial charge in [-0.25, -0.2) is 9.59 Å². The molecule has 2 aliphatic heterocycles. The molecule has 18 heteroatoms. The van der Waals surface area contributed by atoms with Crippen molar-refractivity contribution >= 4 is 144 Å². The SMILES string of the molecule is Cc1cccc(C2=C/C(=C(/SS/C(C(=O)c3ccc(OCC(=O)O)c(Cl)c3Cl)=C3/C=C(c4cccc(C)c4)SS3)C(=O)c3ccc(OCC(=O)O)c(Cl)c3Cl)SS2)c1. The molecule has 6 rings (SSSR count). The molecule has 8 nitrogen and oxygen atoms in total. The molecule has 4 aromatic carbocycles. The fourth-order valence-electron chi connectivity index (χ4n) is 5.21. The van der Waals surface area contributed by atoms with Crippen molar-refractivity contribution in [2.75, 3.05) is 13.2 Å². The maximum Gasteiger partial charge on any atom is 0.341 e. The van der Waals surface area contributed by atoms with E-state index in [-0.39, 0.29) is 52.5 Å². The normalized spacial score (nSPS) is 15.4. The van der Waals surface area contributed by atoms with Gasteiger partial charge in [0.05, 0.1) is 19.9 Å². The van der Waals surface area contributed by atoms with Gasteiger partial charge >= 0.3 is 11.9 Å². The van der Waals surface area contributed by atoms with Gasteiger partial charge in [-0.2, -0.15) is 0 Å². The Labute approximate surface area is 376 Å². The van der Waals surface area contributed by atoms with Gasteiger partial charge in [0, 0.05) is 30.7 Å². The number of hydrogen-bond acceptors (Lipinski definition) is 12. The molecule has 2 N–H and O–H groups in total. The van der Waals surface area contributed by atoms with Gasteiger partial charge in [0.25, 0.3) is 0 Å². The van der Waals surface area contributed by atoms with Crippen LogP contribution in [-0.2, 0) is 9.59 Å². The van der Waals surface area contributed by atoms with Gasteiger partial charge in [0.1, 0.15) is 21.5 Å². The molecule has 0 amide bonds. The van der Waals surface area contributed by atoms with Crippen molar-refractivity contribution in [3.63, 3.8) is 0 Å². The zero-order valence-electron chi connectivity index (χ0n) is 29.8. The molecule has 0 aliphatic carbocycles. The summed E-state index contributed by atoms with van der Waals surface area (Å²) in [5.41, 5.74) is 4.13. The number of allylic oxidation sites excluding steroid dienone is 4. The quantitative estimate of drug-likeness (QED) is 0.0666. The van der Waals surface area contributed by atoms with Gasteiger partial charge < -0.3 is 19.7 Å². The summed E-state index contributed by atoms with van der Waals surface area (Å²) in [7, 11) is 7.82. The number of carbonyl (C=O) groups excluding carboxylic acids is 2. The van der Waals surface area contributed by atoms with E-state index in [1.54, 1.807) is 0 Å². The first-order chi connectivity index (χ1) is 27.7. The highest BCUT2D eigenvalue weighted by Crippen LogP contribution is 2.57. The number of halogens is 4. The fraction of sp³-hybridized carbons (Fsp3) is 0.100. The number of carboxylic acids is 2. The van der Waals surface area contributed by atoms with Crippen molar-refractivity contribution in [2.24, 2.45) is 0 Å². The molecule has 298 valence electrons. The van der Waals surface area contributed by atoms with E-state index in [1.165, 1.54) is 67.4 Å². The summed E-state index contributed by atoms with van der Waals surface area (Å²) in [6.07, 6.45) is 3.81. The minimum absolute atomic E-state index is 0.00577. The molecule has 0 radical (unpaired) electrons. The van der Waals surface area contributed by atoms with Crippen LogP contribution in [0.15, 0.2) is 105 Å². The molecule has 0 saturated heterocycles. The number of Topliss-reactive ketones (excluding diaryl/α,β-unsaturated/α-hetero) is 2. The van der Waals surface area contributed by atoms with Crippen LogP contribution in [0.25, 0.3) is 9.81 Å². The molecule has 0 bridgehead atoms. The summed E-state index contributed by atoms with van der Waals surface area (Å²) in [4.78, 5) is 55.1. The van der Waals surface area contributed by atoms with Crippen LogP contribution in [0, 0.1) is 13.8 Å². The Bertz CT molecular complexity index is 2330. The molecule has 0 atom stereocenters. The lowest BCUT2D eigenvalue weighted by atomic mass is 10.1. The fourth-order valence-corrected chi connectivity index (χ4v) is 14.3. The highest BCUT2D eigenvalue weighted by Gasteiger charge is 2.31. The Hall–Kier alpha value is -3.02. The number of aliphatic carboxylic acids is 2. The predicted molar refractivity (Wildman–Crippen MR) is 246 cm³/mol. The van der Waals surface area contributed by atoms with Crippen LogP contribution >= 0.6 is 111 Å². The summed E-state index contributed by atoms with van der Waals surface area (Å²) in [5, 5.41) is 17.7. The molecule has 0 spiro atoms. The van der Waals surface area contributed by atoms with Crippen LogP contribution in [0.5, 0.6) is 11.5 Å². The monoisotopic (exact) mass is 966 g/mol. The van der Waals surface area contributed by atoms with Crippen LogP contribution in [0.2, 0.25) is 20.1 Å². The van der Waals surface area contributed by atoms with Crippen molar-refractivity contribution in [2.45, 2.75) is 13.8 Å². The lowest BCUT2D eigenvalue weighted by Gasteiger charge is -2.15. The van der Waals surface area contributed by atoms with E-state index < -0.39 is 36.7 Å². The van der Waals surface area contributed by atoms with Gasteiger partial charge in [-0.1, -0.05) is 149 Å². The molecular formula is C40H26Cl4O8S6. The molecule has 58 heavy (non-hydrogen) atoms. The van der Waals surface area contributed by atoms with Crippen molar-refractivity contribution in [1.29, 1.82) is 0 Å². The summed E-state index contributed by atoms with van der Waals surface area (Å²) < 4.78 is 10.5. The maximum atomic E-state index is 14.6. The second kappa shape index (κ2) is 20.0. The molecule has 0 unspecified atom stereocenters. The lowest BCUT2D eigenvalue weighted by molar-refractivity contribution is -0.140. The van der Waals surface area contributed by atoms with Gasteiger partial charge in [0.2, 0.25) is 11.6 Å².